The maximum atomic E-state index is 15.1. The molecular weight excluding hydrogens is 444 g/mol. The van der Waals surface area contributed by atoms with Gasteiger partial charge in [-0.25, -0.2) is 4.39 Å². The van der Waals surface area contributed by atoms with Gasteiger partial charge in [0, 0.05) is 24.2 Å². The summed E-state index contributed by atoms with van der Waals surface area (Å²) in [6.07, 6.45) is 6.56. The van der Waals surface area contributed by atoms with Crippen LogP contribution in [0, 0.1) is 0 Å². The molecule has 1 heterocycles. The second-order valence-corrected chi connectivity index (χ2v) is 10.5. The number of halogens is 2. The largest absolute Gasteiger partial charge is 0.496 e. The first-order chi connectivity index (χ1) is 17.0. The Bertz CT molecular complexity index is 1080. The van der Waals surface area contributed by atoms with Gasteiger partial charge in [-0.2, -0.15) is 0 Å². The number of benzene rings is 2. The van der Waals surface area contributed by atoms with Crippen molar-refractivity contribution in [1.29, 1.82) is 0 Å². The van der Waals surface area contributed by atoms with Crippen molar-refractivity contribution in [3.8, 4) is 11.5 Å². The molecule has 0 bridgehead atoms. The zero-order valence-electron chi connectivity index (χ0n) is 21.0. The van der Waals surface area contributed by atoms with Crippen molar-refractivity contribution in [3.05, 3.63) is 64.7 Å². The maximum absolute atomic E-state index is 15.1. The van der Waals surface area contributed by atoms with Crippen LogP contribution in [-0.2, 0) is 6.42 Å². The summed E-state index contributed by atoms with van der Waals surface area (Å²) < 4.78 is 39.3. The van der Waals surface area contributed by atoms with Crippen molar-refractivity contribution in [2.24, 2.45) is 0 Å². The number of fused-ring (bicyclic) bond motifs is 2. The van der Waals surface area contributed by atoms with E-state index < -0.39 is 5.67 Å². The van der Waals surface area contributed by atoms with E-state index in [-0.39, 0.29) is 18.8 Å². The molecule has 0 amide bonds. The Kier molecular flexibility index (Phi) is 7.15. The van der Waals surface area contributed by atoms with E-state index in [0.29, 0.717) is 32.4 Å². The maximum Gasteiger partial charge on any atom is 0.127 e. The fourth-order valence-corrected chi connectivity index (χ4v) is 5.81. The minimum absolute atomic E-state index is 0.0147. The fraction of sp³-hybridized carbons (Fsp3) is 0.533. The predicted octanol–water partition coefficient (Wildman–Crippen LogP) is 7.25. The van der Waals surface area contributed by atoms with E-state index in [9.17, 15) is 4.39 Å². The normalized spacial score (nSPS) is 22.6. The number of hydrogen-bond acceptors (Lipinski definition) is 3. The molecule has 0 saturated heterocycles. The van der Waals surface area contributed by atoms with Crippen molar-refractivity contribution in [3.63, 3.8) is 0 Å². The summed E-state index contributed by atoms with van der Waals surface area (Å²) in [4.78, 5) is 2.38. The van der Waals surface area contributed by atoms with Gasteiger partial charge in [0.2, 0.25) is 0 Å². The van der Waals surface area contributed by atoms with Crippen molar-refractivity contribution in [1.82, 2.24) is 4.90 Å². The first-order valence-corrected chi connectivity index (χ1v) is 13.1. The van der Waals surface area contributed by atoms with Crippen LogP contribution in [-0.4, -0.2) is 43.5 Å². The molecule has 5 rings (SSSR count). The Morgan fingerprint density at radius 2 is 1.86 bits per heavy atom. The van der Waals surface area contributed by atoms with Gasteiger partial charge in [-0.05, 0) is 86.3 Å². The molecule has 0 spiro atoms. The molecule has 0 unspecified atom stereocenters. The molecule has 0 aromatic heterocycles. The Labute approximate surface area is 208 Å². The molecule has 3 aliphatic rings. The smallest absolute Gasteiger partial charge is 0.127 e. The summed E-state index contributed by atoms with van der Waals surface area (Å²) in [5, 5.41) is 0. The van der Waals surface area contributed by atoms with Crippen LogP contribution >= 0.6 is 0 Å². The summed E-state index contributed by atoms with van der Waals surface area (Å²) in [6, 6.07) is 15.0. The molecule has 1 aliphatic heterocycles. The SMILES string of the molecule is COc1cc(OCCCCCCF)ccc1[C@@H]1C2=C(C[C@@H](C)N1CC1(F)CC1)c1ccccc1C2. The third-order valence-electron chi connectivity index (χ3n) is 7.89. The van der Waals surface area contributed by atoms with E-state index in [1.54, 1.807) is 7.11 Å². The zero-order valence-corrected chi connectivity index (χ0v) is 21.0. The highest BCUT2D eigenvalue weighted by Crippen LogP contribution is 2.52. The first-order valence-electron chi connectivity index (χ1n) is 13.1. The first kappa shape index (κ1) is 24.3. The van der Waals surface area contributed by atoms with Gasteiger partial charge in [0.25, 0.3) is 0 Å². The lowest BCUT2D eigenvalue weighted by Gasteiger charge is -2.43. The van der Waals surface area contributed by atoms with Gasteiger partial charge in [-0.15, -0.1) is 0 Å². The Balaban J connectivity index is 1.43. The second-order valence-electron chi connectivity index (χ2n) is 10.5. The zero-order chi connectivity index (χ0) is 24.4. The molecule has 1 saturated carbocycles. The number of hydrogen-bond donors (Lipinski definition) is 0. The van der Waals surface area contributed by atoms with E-state index >= 15 is 4.39 Å². The van der Waals surface area contributed by atoms with E-state index in [0.717, 1.165) is 49.2 Å². The molecule has 2 aliphatic carbocycles. The molecule has 2 aromatic rings. The summed E-state index contributed by atoms with van der Waals surface area (Å²) in [5.74, 6) is 1.56. The molecule has 2 atom stereocenters. The lowest BCUT2D eigenvalue weighted by atomic mass is 9.84. The summed E-state index contributed by atoms with van der Waals surface area (Å²) in [7, 11) is 1.70. The quantitative estimate of drug-likeness (QED) is 0.316. The highest BCUT2D eigenvalue weighted by molar-refractivity contribution is 5.79. The number of ether oxygens (including phenoxy) is 2. The Hall–Kier alpha value is -2.40. The van der Waals surface area contributed by atoms with Gasteiger partial charge in [-0.3, -0.25) is 9.29 Å². The molecule has 0 N–H and O–H groups in total. The lowest BCUT2D eigenvalue weighted by molar-refractivity contribution is 0.100. The van der Waals surface area contributed by atoms with E-state index in [2.05, 4.69) is 42.2 Å². The van der Waals surface area contributed by atoms with Gasteiger partial charge in [-0.1, -0.05) is 30.7 Å². The Morgan fingerprint density at radius 3 is 2.63 bits per heavy atom. The van der Waals surface area contributed by atoms with Gasteiger partial charge < -0.3 is 9.47 Å². The summed E-state index contributed by atoms with van der Waals surface area (Å²) in [5.41, 5.74) is 5.55. The van der Waals surface area contributed by atoms with Gasteiger partial charge in [0.15, 0.2) is 0 Å². The van der Waals surface area contributed by atoms with Gasteiger partial charge in [0.1, 0.15) is 17.2 Å². The van der Waals surface area contributed by atoms with Crippen LogP contribution in [0.5, 0.6) is 11.5 Å². The van der Waals surface area contributed by atoms with Crippen LogP contribution in [0.3, 0.4) is 0 Å². The molecule has 35 heavy (non-hydrogen) atoms. The average molecular weight is 482 g/mol. The van der Waals surface area contributed by atoms with Crippen molar-refractivity contribution < 1.29 is 18.3 Å². The van der Waals surface area contributed by atoms with E-state index in [1.807, 2.05) is 12.1 Å². The monoisotopic (exact) mass is 481 g/mol. The van der Waals surface area contributed by atoms with Crippen molar-refractivity contribution in [2.45, 2.75) is 76.0 Å². The molecule has 5 heteroatoms. The average Bonchev–Trinajstić information content (AvgIpc) is 3.49. The number of alkyl halides is 2. The van der Waals surface area contributed by atoms with Crippen LogP contribution < -0.4 is 9.47 Å². The lowest BCUT2D eigenvalue weighted by Crippen LogP contribution is -2.44. The summed E-state index contributed by atoms with van der Waals surface area (Å²) in [6.45, 7) is 3.06. The van der Waals surface area contributed by atoms with Gasteiger partial charge in [0.05, 0.1) is 26.4 Å². The number of nitrogens with zero attached hydrogens (tertiary/aromatic N) is 1. The number of methoxy groups -OCH3 is 1. The standard InChI is InChI=1S/C30H37F2NO2/c1-21-17-26-24-10-6-5-9-22(24)18-27(26)29(33(21)20-30(32)13-14-30)25-12-11-23(19-28(25)34-2)35-16-8-4-3-7-15-31/h5-6,9-12,19,21,29H,3-4,7-8,13-18,20H2,1-2H3/t21-,29-/m1/s1. The molecule has 188 valence electrons. The fourth-order valence-electron chi connectivity index (χ4n) is 5.81. The van der Waals surface area contributed by atoms with Crippen molar-refractivity contribution >= 4 is 5.57 Å². The van der Waals surface area contributed by atoms with Crippen LogP contribution in [0.2, 0.25) is 0 Å². The topological polar surface area (TPSA) is 21.7 Å². The highest BCUT2D eigenvalue weighted by Gasteiger charge is 2.49. The third-order valence-corrected chi connectivity index (χ3v) is 7.89. The minimum atomic E-state index is -1.06. The summed E-state index contributed by atoms with van der Waals surface area (Å²) >= 11 is 0. The van der Waals surface area contributed by atoms with Crippen LogP contribution in [0.4, 0.5) is 8.78 Å². The number of rotatable bonds is 11. The van der Waals surface area contributed by atoms with E-state index in [1.165, 1.54) is 22.3 Å². The third kappa shape index (κ3) is 5.11. The molecule has 2 aromatic carbocycles. The second kappa shape index (κ2) is 10.3. The Morgan fingerprint density at radius 1 is 1.06 bits per heavy atom. The van der Waals surface area contributed by atoms with Crippen molar-refractivity contribution in [2.75, 3.05) is 26.9 Å². The minimum Gasteiger partial charge on any atom is -0.496 e. The molecular formula is C30H37F2NO2. The van der Waals surface area contributed by atoms with E-state index in [4.69, 9.17) is 9.47 Å². The van der Waals surface area contributed by atoms with Gasteiger partial charge >= 0.3 is 0 Å². The molecule has 1 fully saturated rings. The molecule has 3 nitrogen and oxygen atoms in total. The highest BCUT2D eigenvalue weighted by atomic mass is 19.1. The van der Waals surface area contributed by atoms with Crippen LogP contribution in [0.25, 0.3) is 5.57 Å². The van der Waals surface area contributed by atoms with Crippen LogP contribution in [0.1, 0.15) is 74.6 Å². The molecule has 0 radical (unpaired) electrons. The van der Waals surface area contributed by atoms with Crippen LogP contribution in [0.15, 0.2) is 48.0 Å². The predicted molar refractivity (Wildman–Crippen MR) is 137 cm³/mol. The number of unbranched alkanes of at least 4 members (excludes halogenated alkanes) is 3.